The van der Waals surface area contributed by atoms with Crippen molar-refractivity contribution in [2.45, 2.75) is 32.1 Å². The first kappa shape index (κ1) is 18.2. The van der Waals surface area contributed by atoms with Gasteiger partial charge in [0, 0.05) is 25.8 Å². The van der Waals surface area contributed by atoms with Crippen LogP contribution in [0.25, 0.3) is 0 Å². The second-order valence-electron chi connectivity index (χ2n) is 6.88. The van der Waals surface area contributed by atoms with E-state index in [0.717, 1.165) is 35.4 Å². The molecule has 2 heterocycles. The molecule has 1 aromatic heterocycles. The van der Waals surface area contributed by atoms with Gasteiger partial charge in [0.05, 0.1) is 12.8 Å². The molecule has 0 unspecified atom stereocenters. The van der Waals surface area contributed by atoms with Gasteiger partial charge in [0.1, 0.15) is 5.75 Å². The third-order valence-electron chi connectivity index (χ3n) is 4.97. The molecule has 1 aliphatic rings. The predicted octanol–water partition coefficient (Wildman–Crippen LogP) is 3.58. The van der Waals surface area contributed by atoms with Gasteiger partial charge in [-0.25, -0.2) is 0 Å². The van der Waals surface area contributed by atoms with Crippen LogP contribution in [0.4, 0.5) is 5.69 Å². The zero-order valence-corrected chi connectivity index (χ0v) is 15.9. The number of rotatable bonds is 6. The zero-order chi connectivity index (χ0) is 19.3. The number of carbonyl (C=O) groups excluding carboxylic acids is 1. The van der Waals surface area contributed by atoms with Crippen molar-refractivity contribution in [3.63, 3.8) is 0 Å². The molecule has 28 heavy (non-hydrogen) atoms. The quantitative estimate of drug-likeness (QED) is 0.657. The van der Waals surface area contributed by atoms with E-state index in [0.29, 0.717) is 37.5 Å². The van der Waals surface area contributed by atoms with E-state index in [1.165, 1.54) is 0 Å². The van der Waals surface area contributed by atoms with Crippen molar-refractivity contribution in [3.8, 4) is 5.75 Å². The third kappa shape index (κ3) is 3.91. The first-order valence-electron chi connectivity index (χ1n) is 9.56. The summed E-state index contributed by atoms with van der Waals surface area (Å²) in [4.78, 5) is 19.1. The van der Waals surface area contributed by atoms with Crippen LogP contribution in [0.1, 0.15) is 35.7 Å². The van der Waals surface area contributed by atoms with Crippen molar-refractivity contribution in [2.24, 2.45) is 0 Å². The van der Waals surface area contributed by atoms with E-state index >= 15 is 0 Å². The summed E-state index contributed by atoms with van der Waals surface area (Å²) in [6.45, 7) is 0.704. The number of amides is 1. The van der Waals surface area contributed by atoms with Crippen LogP contribution in [0.5, 0.6) is 5.75 Å². The van der Waals surface area contributed by atoms with Crippen LogP contribution in [0.15, 0.2) is 53.1 Å². The SMILES string of the molecule is COc1cccc2c1N(C(=O)CCc1nc(Cc3ccccc3)no1)CCC2. The molecule has 0 saturated heterocycles. The van der Waals surface area contributed by atoms with Crippen molar-refractivity contribution >= 4 is 11.6 Å². The van der Waals surface area contributed by atoms with Crippen molar-refractivity contribution in [1.29, 1.82) is 0 Å². The molecule has 0 radical (unpaired) electrons. The Morgan fingerprint density at radius 2 is 2.04 bits per heavy atom. The van der Waals surface area contributed by atoms with Crippen LogP contribution < -0.4 is 9.64 Å². The van der Waals surface area contributed by atoms with Gasteiger partial charge < -0.3 is 14.2 Å². The van der Waals surface area contributed by atoms with Crippen molar-refractivity contribution in [3.05, 3.63) is 71.4 Å². The Hall–Kier alpha value is -3.15. The number of fused-ring (bicyclic) bond motifs is 1. The van der Waals surface area contributed by atoms with Crippen molar-refractivity contribution in [2.75, 3.05) is 18.6 Å². The van der Waals surface area contributed by atoms with Crippen LogP contribution in [-0.2, 0) is 24.1 Å². The Kier molecular flexibility index (Phi) is 5.37. The number of ether oxygens (including phenoxy) is 1. The van der Waals surface area contributed by atoms with E-state index < -0.39 is 0 Å². The predicted molar refractivity (Wildman–Crippen MR) is 106 cm³/mol. The van der Waals surface area contributed by atoms with E-state index in [1.807, 2.05) is 47.4 Å². The van der Waals surface area contributed by atoms with Crippen molar-refractivity contribution in [1.82, 2.24) is 10.1 Å². The van der Waals surface area contributed by atoms with Gasteiger partial charge in [-0.1, -0.05) is 47.6 Å². The molecule has 0 spiro atoms. The first-order valence-corrected chi connectivity index (χ1v) is 9.56. The van der Waals surface area contributed by atoms with Gasteiger partial charge in [0.2, 0.25) is 11.8 Å². The normalized spacial score (nSPS) is 13.2. The maximum atomic E-state index is 12.9. The summed E-state index contributed by atoms with van der Waals surface area (Å²) in [5.41, 5.74) is 3.18. The fourth-order valence-electron chi connectivity index (χ4n) is 3.62. The first-order chi connectivity index (χ1) is 13.7. The number of benzene rings is 2. The lowest BCUT2D eigenvalue weighted by molar-refractivity contribution is -0.118. The minimum Gasteiger partial charge on any atom is -0.495 e. The Bertz CT molecular complexity index is 938. The molecular formula is C22H23N3O3. The number of anilines is 1. The molecular weight excluding hydrogens is 354 g/mol. The summed E-state index contributed by atoms with van der Waals surface area (Å²) in [5, 5.41) is 4.03. The monoisotopic (exact) mass is 377 g/mol. The summed E-state index contributed by atoms with van der Waals surface area (Å²) in [6.07, 6.45) is 3.29. The fourth-order valence-corrected chi connectivity index (χ4v) is 3.62. The number of para-hydroxylation sites is 1. The lowest BCUT2D eigenvalue weighted by Gasteiger charge is -2.30. The van der Waals surface area contributed by atoms with Gasteiger partial charge in [0.25, 0.3) is 0 Å². The highest BCUT2D eigenvalue weighted by molar-refractivity contribution is 5.96. The summed E-state index contributed by atoms with van der Waals surface area (Å²) in [7, 11) is 1.64. The second-order valence-corrected chi connectivity index (χ2v) is 6.88. The largest absolute Gasteiger partial charge is 0.495 e. The highest BCUT2D eigenvalue weighted by Crippen LogP contribution is 2.36. The molecule has 0 saturated carbocycles. The summed E-state index contributed by atoms with van der Waals surface area (Å²) in [6, 6.07) is 15.9. The van der Waals surface area contributed by atoms with Gasteiger partial charge in [-0.3, -0.25) is 4.79 Å². The molecule has 3 aromatic rings. The van der Waals surface area contributed by atoms with Crippen LogP contribution in [0.3, 0.4) is 0 Å². The number of methoxy groups -OCH3 is 1. The molecule has 6 heteroatoms. The number of hydrogen-bond acceptors (Lipinski definition) is 5. The van der Waals surface area contributed by atoms with Crippen molar-refractivity contribution < 1.29 is 14.1 Å². The zero-order valence-electron chi connectivity index (χ0n) is 15.9. The molecule has 0 aliphatic carbocycles. The number of aromatic nitrogens is 2. The van der Waals surface area contributed by atoms with E-state index in [1.54, 1.807) is 7.11 Å². The van der Waals surface area contributed by atoms with E-state index in [-0.39, 0.29) is 5.91 Å². The van der Waals surface area contributed by atoms with Crippen LogP contribution in [0, 0.1) is 0 Å². The lowest BCUT2D eigenvalue weighted by Crippen LogP contribution is -2.36. The molecule has 0 atom stereocenters. The average Bonchev–Trinajstić information content (AvgIpc) is 3.19. The minimum absolute atomic E-state index is 0.0493. The Morgan fingerprint density at radius 1 is 1.18 bits per heavy atom. The van der Waals surface area contributed by atoms with E-state index in [2.05, 4.69) is 16.2 Å². The molecule has 144 valence electrons. The van der Waals surface area contributed by atoms with Gasteiger partial charge in [-0.05, 0) is 30.0 Å². The van der Waals surface area contributed by atoms with Crippen LogP contribution in [-0.4, -0.2) is 29.7 Å². The van der Waals surface area contributed by atoms with E-state index in [9.17, 15) is 4.79 Å². The molecule has 0 fully saturated rings. The van der Waals surface area contributed by atoms with Crippen LogP contribution in [0.2, 0.25) is 0 Å². The maximum absolute atomic E-state index is 12.9. The van der Waals surface area contributed by atoms with Gasteiger partial charge in [0.15, 0.2) is 5.82 Å². The highest BCUT2D eigenvalue weighted by Gasteiger charge is 2.26. The average molecular weight is 377 g/mol. The number of aryl methyl sites for hydroxylation is 2. The maximum Gasteiger partial charge on any atom is 0.227 e. The number of hydrogen-bond donors (Lipinski definition) is 0. The fraction of sp³-hybridized carbons (Fsp3) is 0.318. The third-order valence-corrected chi connectivity index (χ3v) is 4.97. The summed E-state index contributed by atoms with van der Waals surface area (Å²) < 4.78 is 10.8. The van der Waals surface area contributed by atoms with Crippen LogP contribution >= 0.6 is 0 Å². The molecule has 1 amide bonds. The van der Waals surface area contributed by atoms with Gasteiger partial charge in [-0.15, -0.1) is 0 Å². The molecule has 4 rings (SSSR count). The Morgan fingerprint density at radius 3 is 2.86 bits per heavy atom. The number of nitrogens with zero attached hydrogens (tertiary/aromatic N) is 3. The molecule has 2 aromatic carbocycles. The molecule has 1 aliphatic heterocycles. The minimum atomic E-state index is 0.0493. The van der Waals surface area contributed by atoms with Gasteiger partial charge >= 0.3 is 0 Å². The summed E-state index contributed by atoms with van der Waals surface area (Å²) >= 11 is 0. The molecule has 0 bridgehead atoms. The lowest BCUT2D eigenvalue weighted by atomic mass is 10.0. The standard InChI is InChI=1S/C22H23N3O3/c1-27-18-11-5-9-17-10-6-14-25(22(17)18)21(26)13-12-20-23-19(24-28-20)15-16-7-3-2-4-8-16/h2-5,7-9,11H,6,10,12-15H2,1H3. The Balaban J connectivity index is 1.41. The highest BCUT2D eigenvalue weighted by atomic mass is 16.5. The Labute approximate surface area is 164 Å². The smallest absolute Gasteiger partial charge is 0.227 e. The van der Waals surface area contributed by atoms with Gasteiger partial charge in [-0.2, -0.15) is 4.98 Å². The van der Waals surface area contributed by atoms with E-state index in [4.69, 9.17) is 9.26 Å². The topological polar surface area (TPSA) is 68.5 Å². The molecule has 6 nitrogen and oxygen atoms in total. The molecule has 0 N–H and O–H groups in total. The summed E-state index contributed by atoms with van der Waals surface area (Å²) in [5.74, 6) is 1.93. The second kappa shape index (κ2) is 8.25. The number of carbonyl (C=O) groups is 1.